The fourth-order valence-electron chi connectivity index (χ4n) is 4.62. The molecule has 0 bridgehead atoms. The molecule has 2 atom stereocenters. The van der Waals surface area contributed by atoms with Gasteiger partial charge in [-0.25, -0.2) is 0 Å². The molecule has 1 amide bonds. The summed E-state index contributed by atoms with van der Waals surface area (Å²) in [7, 11) is 0. The van der Waals surface area contributed by atoms with Crippen LogP contribution in [0.4, 0.5) is 0 Å². The Morgan fingerprint density at radius 2 is 2.07 bits per heavy atom. The average Bonchev–Trinajstić information content (AvgIpc) is 3.53. The molecule has 0 saturated heterocycles. The third kappa shape index (κ3) is 3.52. The molecule has 27 heavy (non-hydrogen) atoms. The zero-order valence-electron chi connectivity index (χ0n) is 16.5. The number of benzene rings is 1. The van der Waals surface area contributed by atoms with E-state index in [1.54, 1.807) is 0 Å². The maximum Gasteiger partial charge on any atom is 0.237 e. The molecule has 2 aliphatic carbocycles. The van der Waals surface area contributed by atoms with E-state index in [1.807, 2.05) is 0 Å². The number of hydrogen-bond donors (Lipinski definition) is 2. The van der Waals surface area contributed by atoms with Gasteiger partial charge in [-0.3, -0.25) is 10.1 Å². The molecule has 0 spiro atoms. The molecule has 5 rings (SSSR count). The van der Waals surface area contributed by atoms with Gasteiger partial charge in [0.25, 0.3) is 0 Å². The van der Waals surface area contributed by atoms with Crippen LogP contribution in [-0.2, 0) is 17.8 Å². The smallest absolute Gasteiger partial charge is 0.237 e. The summed E-state index contributed by atoms with van der Waals surface area (Å²) in [6, 6.07) is 7.25. The lowest BCUT2D eigenvalue weighted by Crippen LogP contribution is -2.47. The molecule has 1 aliphatic heterocycles. The van der Waals surface area contributed by atoms with Gasteiger partial charge >= 0.3 is 0 Å². The van der Waals surface area contributed by atoms with Gasteiger partial charge in [-0.15, -0.1) is 0 Å². The number of nitrogens with zero attached hydrogens (tertiary/aromatic N) is 1. The predicted molar refractivity (Wildman–Crippen MR) is 109 cm³/mol. The number of carbonyl (C=O) groups excluding carboxylic acids is 1. The third-order valence-corrected chi connectivity index (χ3v) is 6.32. The minimum absolute atomic E-state index is 0.137. The molecule has 2 saturated carbocycles. The van der Waals surface area contributed by atoms with Crippen molar-refractivity contribution in [3.63, 3.8) is 0 Å². The van der Waals surface area contributed by atoms with E-state index in [9.17, 15) is 4.79 Å². The van der Waals surface area contributed by atoms with Gasteiger partial charge in [-0.1, -0.05) is 26.0 Å². The summed E-state index contributed by atoms with van der Waals surface area (Å²) in [6.07, 6.45) is 9.17. The highest BCUT2D eigenvalue weighted by Crippen LogP contribution is 2.38. The highest BCUT2D eigenvalue weighted by molar-refractivity contribution is 5.90. The van der Waals surface area contributed by atoms with Gasteiger partial charge < -0.3 is 9.88 Å². The molecule has 0 unspecified atom stereocenters. The summed E-state index contributed by atoms with van der Waals surface area (Å²) in [6.45, 7) is 5.66. The van der Waals surface area contributed by atoms with Crippen molar-refractivity contribution in [2.45, 2.75) is 77.0 Å². The molecule has 1 aromatic heterocycles. The molecule has 2 N–H and O–H groups in total. The van der Waals surface area contributed by atoms with Crippen LogP contribution >= 0.6 is 0 Å². The van der Waals surface area contributed by atoms with E-state index in [2.05, 4.69) is 53.4 Å². The maximum atomic E-state index is 12.9. The van der Waals surface area contributed by atoms with Crippen LogP contribution < -0.4 is 10.6 Å². The summed E-state index contributed by atoms with van der Waals surface area (Å²) in [5.74, 6) is 1.61. The van der Waals surface area contributed by atoms with E-state index < -0.39 is 0 Å². The lowest BCUT2D eigenvalue weighted by molar-refractivity contribution is -0.123. The van der Waals surface area contributed by atoms with E-state index in [1.165, 1.54) is 34.9 Å². The average molecular weight is 366 g/mol. The van der Waals surface area contributed by atoms with Gasteiger partial charge in [0.05, 0.1) is 6.04 Å². The SMILES string of the molecule is CC(C)C[C@@H]1N[C@H](C(=O)NC2CC2)Cc2cn(CC3CC3)c3cccc1c23. The second kappa shape index (κ2) is 6.66. The van der Waals surface area contributed by atoms with Crippen LogP contribution in [0.1, 0.15) is 63.1 Å². The Bertz CT molecular complexity index is 860. The molecule has 2 heterocycles. The number of rotatable bonds is 6. The van der Waals surface area contributed by atoms with E-state index >= 15 is 0 Å². The third-order valence-electron chi connectivity index (χ3n) is 6.32. The van der Waals surface area contributed by atoms with E-state index in [0.717, 1.165) is 38.1 Å². The lowest BCUT2D eigenvalue weighted by Gasteiger charge is -2.25. The number of carbonyl (C=O) groups is 1. The van der Waals surface area contributed by atoms with Crippen molar-refractivity contribution in [2.75, 3.05) is 0 Å². The van der Waals surface area contributed by atoms with Crippen LogP contribution in [0.3, 0.4) is 0 Å². The Kier molecular flexibility index (Phi) is 4.27. The van der Waals surface area contributed by atoms with Crippen molar-refractivity contribution in [1.29, 1.82) is 0 Å². The van der Waals surface area contributed by atoms with E-state index in [4.69, 9.17) is 0 Å². The standard InChI is InChI=1S/C23H31N3O/c1-14(2)10-19-18-4-3-5-21-22(18)16(13-26(21)12-15-6-7-15)11-20(25-19)23(27)24-17-8-9-17/h3-5,13-15,17,19-20,25H,6-12H2,1-2H3,(H,24,27)/t19-,20-/m0/s1. The minimum atomic E-state index is -0.137. The summed E-state index contributed by atoms with van der Waals surface area (Å²) >= 11 is 0. The summed E-state index contributed by atoms with van der Waals surface area (Å²) in [5.41, 5.74) is 4.08. The maximum absolute atomic E-state index is 12.9. The van der Waals surface area contributed by atoms with Gasteiger partial charge in [-0.05, 0) is 67.6 Å². The molecule has 2 aromatic rings. The normalized spacial score (nSPS) is 25.0. The molecule has 0 radical (unpaired) electrons. The van der Waals surface area contributed by atoms with Gasteiger partial charge in [0.15, 0.2) is 0 Å². The first-order valence-corrected chi connectivity index (χ1v) is 10.8. The second-order valence-electron chi connectivity index (χ2n) is 9.38. The first-order valence-electron chi connectivity index (χ1n) is 10.8. The number of aromatic nitrogens is 1. The fraction of sp³-hybridized carbons (Fsp3) is 0.609. The topological polar surface area (TPSA) is 46.1 Å². The first-order chi connectivity index (χ1) is 13.1. The van der Waals surface area contributed by atoms with Crippen LogP contribution in [0.2, 0.25) is 0 Å². The molecular formula is C23H31N3O. The van der Waals surface area contributed by atoms with Crippen molar-refractivity contribution < 1.29 is 4.79 Å². The molecule has 4 heteroatoms. The van der Waals surface area contributed by atoms with Crippen LogP contribution in [0.5, 0.6) is 0 Å². The zero-order valence-corrected chi connectivity index (χ0v) is 16.5. The monoisotopic (exact) mass is 365 g/mol. The molecule has 1 aromatic carbocycles. The fourth-order valence-corrected chi connectivity index (χ4v) is 4.62. The van der Waals surface area contributed by atoms with Gasteiger partial charge in [0.1, 0.15) is 0 Å². The molecule has 2 fully saturated rings. The summed E-state index contributed by atoms with van der Waals surface area (Å²) in [5, 5.41) is 8.35. The largest absolute Gasteiger partial charge is 0.352 e. The van der Waals surface area contributed by atoms with Crippen molar-refractivity contribution in [3.05, 3.63) is 35.5 Å². The summed E-state index contributed by atoms with van der Waals surface area (Å²) in [4.78, 5) is 12.9. The Morgan fingerprint density at radius 1 is 1.26 bits per heavy atom. The van der Waals surface area contributed by atoms with Crippen molar-refractivity contribution in [2.24, 2.45) is 11.8 Å². The number of hydrogen-bond acceptors (Lipinski definition) is 2. The van der Waals surface area contributed by atoms with Gasteiger partial charge in [0.2, 0.25) is 5.91 Å². The number of amides is 1. The molecule has 3 aliphatic rings. The van der Waals surface area contributed by atoms with Crippen molar-refractivity contribution >= 4 is 16.8 Å². The molecule has 144 valence electrons. The minimum Gasteiger partial charge on any atom is -0.352 e. The van der Waals surface area contributed by atoms with Gasteiger partial charge in [0, 0.05) is 35.7 Å². The molecular weight excluding hydrogens is 334 g/mol. The summed E-state index contributed by atoms with van der Waals surface area (Å²) < 4.78 is 2.46. The Balaban J connectivity index is 1.55. The first kappa shape index (κ1) is 17.3. The number of nitrogens with one attached hydrogen (secondary N) is 2. The van der Waals surface area contributed by atoms with E-state index in [-0.39, 0.29) is 18.0 Å². The van der Waals surface area contributed by atoms with Crippen LogP contribution in [0.15, 0.2) is 24.4 Å². The van der Waals surface area contributed by atoms with Crippen LogP contribution in [0, 0.1) is 11.8 Å². The quantitative estimate of drug-likeness (QED) is 0.815. The Morgan fingerprint density at radius 3 is 2.78 bits per heavy atom. The Labute approximate surface area is 161 Å². The second-order valence-corrected chi connectivity index (χ2v) is 9.38. The predicted octanol–water partition coefficient (Wildman–Crippen LogP) is 3.93. The highest BCUT2D eigenvalue weighted by atomic mass is 16.2. The zero-order chi connectivity index (χ0) is 18.5. The molecule has 4 nitrogen and oxygen atoms in total. The van der Waals surface area contributed by atoms with Crippen LogP contribution in [0.25, 0.3) is 10.9 Å². The van der Waals surface area contributed by atoms with Gasteiger partial charge in [-0.2, -0.15) is 0 Å². The highest BCUT2D eigenvalue weighted by Gasteiger charge is 2.33. The van der Waals surface area contributed by atoms with Crippen LogP contribution in [-0.4, -0.2) is 22.6 Å². The Hall–Kier alpha value is -1.81. The lowest BCUT2D eigenvalue weighted by atomic mass is 9.94. The van der Waals surface area contributed by atoms with E-state index in [0.29, 0.717) is 12.0 Å². The van der Waals surface area contributed by atoms with Crippen molar-refractivity contribution in [1.82, 2.24) is 15.2 Å². The van der Waals surface area contributed by atoms with Crippen molar-refractivity contribution in [3.8, 4) is 0 Å².